The van der Waals surface area contributed by atoms with Crippen LogP contribution in [0.25, 0.3) is 0 Å². The zero-order valence-electron chi connectivity index (χ0n) is 23.8. The number of hydrogen-bond acceptors (Lipinski definition) is 6. The van der Waals surface area contributed by atoms with Gasteiger partial charge in [0.25, 0.3) is 0 Å². The molecule has 3 atom stereocenters. The molecule has 2 aliphatic heterocycles. The number of amides is 1. The predicted molar refractivity (Wildman–Crippen MR) is 152 cm³/mol. The van der Waals surface area contributed by atoms with Crippen molar-refractivity contribution in [2.45, 2.75) is 38.6 Å². The molecule has 2 N–H and O–H groups in total. The Morgan fingerprint density at radius 3 is 2.31 bits per heavy atom. The van der Waals surface area contributed by atoms with Crippen molar-refractivity contribution in [2.75, 3.05) is 38.7 Å². The fourth-order valence-corrected chi connectivity index (χ4v) is 6.07. The first kappa shape index (κ1) is 29.3. The van der Waals surface area contributed by atoms with Crippen LogP contribution in [0.3, 0.4) is 0 Å². The molecule has 0 saturated carbocycles. The molecule has 0 aromatic heterocycles. The fraction of sp³-hybridized carbons (Fsp3) is 0.375. The summed E-state index contributed by atoms with van der Waals surface area (Å²) in [5.41, 5.74) is 2.72. The van der Waals surface area contributed by atoms with Gasteiger partial charge in [-0.05, 0) is 59.9 Å². The topological polar surface area (TPSA) is 97.3 Å². The maximum absolute atomic E-state index is 15.5. The van der Waals surface area contributed by atoms with E-state index in [1.54, 1.807) is 29.2 Å². The summed E-state index contributed by atoms with van der Waals surface area (Å²) in [6.07, 6.45) is 1.02. The van der Waals surface area contributed by atoms with E-state index in [0.29, 0.717) is 65.7 Å². The van der Waals surface area contributed by atoms with Crippen LogP contribution in [-0.4, -0.2) is 55.3 Å². The highest BCUT2D eigenvalue weighted by atomic mass is 19.1. The number of carbonyl (C=O) groups excluding carboxylic acids is 1. The smallest absolute Gasteiger partial charge is 0.309 e. The Hall–Kier alpha value is -4.18. The highest BCUT2D eigenvalue weighted by Gasteiger charge is 2.49. The summed E-state index contributed by atoms with van der Waals surface area (Å²) in [4.78, 5) is 28.1. The highest BCUT2D eigenvalue weighted by Crippen LogP contribution is 2.48. The molecule has 1 unspecified atom stereocenters. The highest BCUT2D eigenvalue weighted by molar-refractivity contribution is 5.94. The maximum atomic E-state index is 15.5. The second kappa shape index (κ2) is 12.4. The van der Waals surface area contributed by atoms with E-state index in [1.165, 1.54) is 31.4 Å². The maximum Gasteiger partial charge on any atom is 0.309 e. The van der Waals surface area contributed by atoms with Crippen molar-refractivity contribution >= 4 is 17.6 Å². The average Bonchev–Trinajstić information content (AvgIpc) is 3.36. The number of benzene rings is 3. The van der Waals surface area contributed by atoms with E-state index in [1.807, 2.05) is 13.8 Å². The standard InChI is InChI=1S/C32H34F2N2O6/c1-4-18-12-21(33)13-19(5-2)30(18)35-28(37)17-36-16-24(20-6-9-26-27(14-20)42-11-10-41-26)29(32(38)39)31(36)23-8-7-22(40-3)15-25(23)34/h6-9,12-15,24,29,31H,4-5,10-11,16-17H2,1-3H3,(H,35,37)(H,38,39)/t24-,29?,31+/m1/s1. The van der Waals surface area contributed by atoms with Crippen molar-refractivity contribution in [3.05, 3.63) is 82.4 Å². The lowest BCUT2D eigenvalue weighted by Gasteiger charge is -2.27. The number of hydrogen-bond donors (Lipinski definition) is 2. The van der Waals surface area contributed by atoms with Crippen molar-refractivity contribution in [2.24, 2.45) is 5.92 Å². The molecule has 1 fully saturated rings. The third-order valence-corrected chi connectivity index (χ3v) is 8.04. The number of anilines is 1. The van der Waals surface area contributed by atoms with Crippen LogP contribution in [0.2, 0.25) is 0 Å². The van der Waals surface area contributed by atoms with Crippen molar-refractivity contribution in [1.82, 2.24) is 4.90 Å². The van der Waals surface area contributed by atoms with Gasteiger partial charge in [0.05, 0.1) is 25.6 Å². The van der Waals surface area contributed by atoms with Crippen LogP contribution in [0.5, 0.6) is 17.2 Å². The van der Waals surface area contributed by atoms with Gasteiger partial charge in [-0.3, -0.25) is 14.5 Å². The van der Waals surface area contributed by atoms with Crippen LogP contribution in [0.1, 0.15) is 48.1 Å². The number of ether oxygens (including phenoxy) is 3. The van der Waals surface area contributed by atoms with Crippen LogP contribution in [-0.2, 0) is 22.4 Å². The SMILES string of the molecule is CCc1cc(F)cc(CC)c1NC(=O)CN1C[C@H](c2ccc3c(c2)OCCO3)C(C(=O)O)[C@@H]1c1ccc(OC)cc1F. The van der Waals surface area contributed by atoms with E-state index in [9.17, 15) is 19.1 Å². The first-order valence-electron chi connectivity index (χ1n) is 14.0. The molecule has 8 nitrogen and oxygen atoms in total. The lowest BCUT2D eigenvalue weighted by molar-refractivity contribution is -0.143. The van der Waals surface area contributed by atoms with E-state index >= 15 is 4.39 Å². The average molecular weight is 581 g/mol. The Labute approximate surface area is 243 Å². The Balaban J connectivity index is 1.52. The summed E-state index contributed by atoms with van der Waals surface area (Å²) in [7, 11) is 1.42. The first-order chi connectivity index (χ1) is 20.2. The number of carbonyl (C=O) groups is 2. The van der Waals surface area contributed by atoms with Gasteiger partial charge >= 0.3 is 5.97 Å². The monoisotopic (exact) mass is 580 g/mol. The molecular formula is C32H34F2N2O6. The summed E-state index contributed by atoms with van der Waals surface area (Å²) in [5.74, 6) is -2.79. The van der Waals surface area contributed by atoms with Crippen LogP contribution < -0.4 is 19.5 Å². The number of likely N-dealkylation sites (tertiary alicyclic amines) is 1. The van der Waals surface area contributed by atoms with E-state index < -0.39 is 35.6 Å². The van der Waals surface area contributed by atoms with E-state index in [2.05, 4.69) is 5.32 Å². The molecule has 2 aliphatic rings. The molecule has 0 aliphatic carbocycles. The Bertz CT molecular complexity index is 1470. The Kier molecular flexibility index (Phi) is 8.63. The van der Waals surface area contributed by atoms with Crippen molar-refractivity contribution < 1.29 is 37.7 Å². The number of fused-ring (bicyclic) bond motifs is 1. The third kappa shape index (κ3) is 5.76. The van der Waals surface area contributed by atoms with Crippen LogP contribution in [0.4, 0.5) is 14.5 Å². The summed E-state index contributed by atoms with van der Waals surface area (Å²) in [6, 6.07) is 11.4. The largest absolute Gasteiger partial charge is 0.497 e. The van der Waals surface area contributed by atoms with Gasteiger partial charge in [-0.25, -0.2) is 8.78 Å². The molecule has 5 rings (SSSR count). The number of aryl methyl sites for hydroxylation is 2. The summed E-state index contributed by atoms with van der Waals surface area (Å²) in [5, 5.41) is 13.4. The second-order valence-corrected chi connectivity index (χ2v) is 10.5. The lowest BCUT2D eigenvalue weighted by Crippen LogP contribution is -2.36. The molecule has 42 heavy (non-hydrogen) atoms. The van der Waals surface area contributed by atoms with Crippen LogP contribution in [0.15, 0.2) is 48.5 Å². The number of rotatable bonds is 9. The summed E-state index contributed by atoms with van der Waals surface area (Å²) in [6.45, 7) is 4.51. The molecule has 0 spiro atoms. The molecule has 0 radical (unpaired) electrons. The minimum atomic E-state index is -1.11. The van der Waals surface area contributed by atoms with Gasteiger partial charge < -0.3 is 24.6 Å². The van der Waals surface area contributed by atoms with Crippen molar-refractivity contribution in [1.29, 1.82) is 0 Å². The number of nitrogens with zero attached hydrogens (tertiary/aromatic N) is 1. The van der Waals surface area contributed by atoms with Gasteiger partial charge in [0, 0.05) is 29.8 Å². The number of halogens is 2. The molecule has 222 valence electrons. The number of carboxylic acid groups (broad SMARTS) is 1. The van der Waals surface area contributed by atoms with E-state index in [0.717, 1.165) is 0 Å². The van der Waals surface area contributed by atoms with Gasteiger partial charge in [0.2, 0.25) is 5.91 Å². The zero-order chi connectivity index (χ0) is 30.0. The minimum Gasteiger partial charge on any atom is -0.497 e. The van der Waals surface area contributed by atoms with Crippen LogP contribution in [0, 0.1) is 17.6 Å². The van der Waals surface area contributed by atoms with Gasteiger partial charge in [0.15, 0.2) is 11.5 Å². The normalized spacial score (nSPS) is 19.9. The molecule has 3 aromatic carbocycles. The predicted octanol–water partition coefficient (Wildman–Crippen LogP) is 5.35. The molecule has 2 heterocycles. The second-order valence-electron chi connectivity index (χ2n) is 10.5. The summed E-state index contributed by atoms with van der Waals surface area (Å²) < 4.78 is 46.2. The number of nitrogens with one attached hydrogen (secondary N) is 1. The van der Waals surface area contributed by atoms with E-state index in [4.69, 9.17) is 14.2 Å². The molecule has 1 amide bonds. The fourth-order valence-electron chi connectivity index (χ4n) is 6.07. The molecule has 1 saturated heterocycles. The Morgan fingerprint density at radius 1 is 1.00 bits per heavy atom. The van der Waals surface area contributed by atoms with Crippen LogP contribution >= 0.6 is 0 Å². The van der Waals surface area contributed by atoms with Gasteiger partial charge in [-0.15, -0.1) is 0 Å². The number of carboxylic acids is 1. The third-order valence-electron chi connectivity index (χ3n) is 8.04. The molecule has 3 aromatic rings. The quantitative estimate of drug-likeness (QED) is 0.352. The van der Waals surface area contributed by atoms with Crippen molar-refractivity contribution in [3.8, 4) is 17.2 Å². The first-order valence-corrected chi connectivity index (χ1v) is 14.0. The van der Waals surface area contributed by atoms with Gasteiger partial charge in [-0.2, -0.15) is 0 Å². The van der Waals surface area contributed by atoms with Crippen molar-refractivity contribution in [3.63, 3.8) is 0 Å². The van der Waals surface area contributed by atoms with Gasteiger partial charge in [-0.1, -0.05) is 26.0 Å². The Morgan fingerprint density at radius 2 is 1.69 bits per heavy atom. The number of methoxy groups -OCH3 is 1. The summed E-state index contributed by atoms with van der Waals surface area (Å²) >= 11 is 0. The van der Waals surface area contributed by atoms with E-state index in [-0.39, 0.29) is 24.5 Å². The molecule has 10 heteroatoms. The minimum absolute atomic E-state index is 0.154. The van der Waals surface area contributed by atoms with Gasteiger partial charge in [0.1, 0.15) is 30.6 Å². The molecule has 0 bridgehead atoms. The lowest BCUT2D eigenvalue weighted by atomic mass is 9.82. The molecular weight excluding hydrogens is 546 g/mol. The number of aliphatic carboxylic acids is 1. The zero-order valence-corrected chi connectivity index (χ0v) is 23.8.